The van der Waals surface area contributed by atoms with E-state index in [4.69, 9.17) is 23.2 Å². The Labute approximate surface area is 174 Å². The number of carbonyl (C=O) groups is 1. The molecule has 1 N–H and O–H groups in total. The Kier molecular flexibility index (Phi) is 6.60. The lowest BCUT2D eigenvalue weighted by atomic mass is 9.96. The Bertz CT molecular complexity index is 959. The topological polar surface area (TPSA) is 79.4 Å². The third kappa shape index (κ3) is 4.66. The van der Waals surface area contributed by atoms with Crippen LogP contribution in [-0.4, -0.2) is 36.7 Å². The van der Waals surface area contributed by atoms with Gasteiger partial charge < -0.3 is 5.32 Å². The molecule has 1 aromatic heterocycles. The second kappa shape index (κ2) is 8.78. The average Bonchev–Trinajstić information content (AvgIpc) is 2.68. The summed E-state index contributed by atoms with van der Waals surface area (Å²) >= 11 is 11.7. The van der Waals surface area contributed by atoms with Crippen molar-refractivity contribution in [3.63, 3.8) is 0 Å². The van der Waals surface area contributed by atoms with Gasteiger partial charge in [-0.25, -0.2) is 13.4 Å². The quantitative estimate of drug-likeness (QED) is 0.687. The number of hydrogen-bond acceptors (Lipinski definition) is 4. The molecule has 3 rings (SSSR count). The summed E-state index contributed by atoms with van der Waals surface area (Å²) in [5.74, 6) is -0.455. The number of rotatable bonds is 5. The minimum atomic E-state index is -3.57. The number of carbonyl (C=O) groups excluding carboxylic acids is 1. The molecule has 0 radical (unpaired) electrons. The highest BCUT2D eigenvalue weighted by molar-refractivity contribution is 7.89. The summed E-state index contributed by atoms with van der Waals surface area (Å²) in [7, 11) is -1.94. The Morgan fingerprint density at radius 1 is 1.07 bits per heavy atom. The van der Waals surface area contributed by atoms with Gasteiger partial charge in [-0.2, -0.15) is 4.31 Å². The van der Waals surface area contributed by atoms with Crippen molar-refractivity contribution in [3.05, 3.63) is 52.3 Å². The van der Waals surface area contributed by atoms with E-state index in [0.717, 1.165) is 32.1 Å². The van der Waals surface area contributed by atoms with E-state index in [2.05, 4.69) is 10.3 Å². The van der Waals surface area contributed by atoms with Crippen LogP contribution in [0.15, 0.2) is 41.3 Å². The minimum absolute atomic E-state index is 0.00157. The largest absolute Gasteiger partial charge is 0.322 e. The van der Waals surface area contributed by atoms with Crippen LogP contribution < -0.4 is 5.32 Å². The third-order valence-electron chi connectivity index (χ3n) is 4.94. The molecule has 0 aliphatic heterocycles. The van der Waals surface area contributed by atoms with Gasteiger partial charge in [-0.1, -0.05) is 42.5 Å². The van der Waals surface area contributed by atoms with Crippen molar-refractivity contribution in [2.24, 2.45) is 0 Å². The van der Waals surface area contributed by atoms with E-state index in [0.29, 0.717) is 5.69 Å². The lowest BCUT2D eigenvalue weighted by molar-refractivity contribution is 0.102. The SMILES string of the molecule is CN(C1CCCCC1)S(=O)(=O)c1ccc(NC(=O)c2ccc(Cl)nc2Cl)cc1. The molecule has 1 heterocycles. The number of aromatic nitrogens is 1. The first kappa shape index (κ1) is 21.0. The number of sulfonamides is 1. The molecule has 1 saturated carbocycles. The summed E-state index contributed by atoms with van der Waals surface area (Å²) in [5, 5.41) is 2.87. The van der Waals surface area contributed by atoms with Crippen LogP contribution in [0.25, 0.3) is 0 Å². The molecule has 1 aromatic carbocycles. The fourth-order valence-corrected chi connectivity index (χ4v) is 5.14. The van der Waals surface area contributed by atoms with E-state index in [1.807, 2.05) is 0 Å². The van der Waals surface area contributed by atoms with Crippen LogP contribution in [0.3, 0.4) is 0 Å². The van der Waals surface area contributed by atoms with Gasteiger partial charge in [-0.05, 0) is 49.2 Å². The highest BCUT2D eigenvalue weighted by Gasteiger charge is 2.29. The van der Waals surface area contributed by atoms with E-state index in [9.17, 15) is 13.2 Å². The van der Waals surface area contributed by atoms with Crippen LogP contribution in [0.1, 0.15) is 42.5 Å². The molecular formula is C19H21Cl2N3O3S. The van der Waals surface area contributed by atoms with E-state index < -0.39 is 15.9 Å². The molecule has 6 nitrogen and oxygen atoms in total. The van der Waals surface area contributed by atoms with Crippen LogP contribution in [-0.2, 0) is 10.0 Å². The summed E-state index contributed by atoms with van der Waals surface area (Å²) < 4.78 is 27.2. The maximum Gasteiger partial charge on any atom is 0.258 e. The fraction of sp³-hybridized carbons (Fsp3) is 0.368. The Balaban J connectivity index is 1.72. The molecule has 1 aliphatic rings. The summed E-state index contributed by atoms with van der Waals surface area (Å²) in [5.41, 5.74) is 0.634. The molecule has 1 amide bonds. The summed E-state index contributed by atoms with van der Waals surface area (Å²) in [6.07, 6.45) is 5.04. The van der Waals surface area contributed by atoms with Crippen molar-refractivity contribution in [1.82, 2.24) is 9.29 Å². The molecule has 0 bridgehead atoms. The molecule has 1 fully saturated rings. The zero-order valence-electron chi connectivity index (χ0n) is 15.4. The zero-order valence-corrected chi connectivity index (χ0v) is 17.7. The number of halogens is 2. The monoisotopic (exact) mass is 441 g/mol. The van der Waals surface area contributed by atoms with Crippen molar-refractivity contribution < 1.29 is 13.2 Å². The smallest absolute Gasteiger partial charge is 0.258 e. The number of pyridine rings is 1. The van der Waals surface area contributed by atoms with Gasteiger partial charge in [0.1, 0.15) is 10.3 Å². The third-order valence-corrected chi connectivity index (χ3v) is 7.36. The summed E-state index contributed by atoms with van der Waals surface area (Å²) in [6, 6.07) is 9.08. The number of hydrogen-bond donors (Lipinski definition) is 1. The highest BCUT2D eigenvalue weighted by Crippen LogP contribution is 2.27. The fourth-order valence-electron chi connectivity index (χ4n) is 3.30. The van der Waals surface area contributed by atoms with Crippen molar-refractivity contribution in [2.75, 3.05) is 12.4 Å². The van der Waals surface area contributed by atoms with Crippen molar-refractivity contribution >= 4 is 44.8 Å². The van der Waals surface area contributed by atoms with Gasteiger partial charge in [-0.3, -0.25) is 4.79 Å². The maximum absolute atomic E-state index is 12.9. The first-order valence-electron chi connectivity index (χ1n) is 9.00. The number of nitrogens with zero attached hydrogens (tertiary/aromatic N) is 2. The van der Waals surface area contributed by atoms with Crippen LogP contribution in [0.5, 0.6) is 0 Å². The highest BCUT2D eigenvalue weighted by atomic mass is 35.5. The lowest BCUT2D eigenvalue weighted by Gasteiger charge is -2.30. The van der Waals surface area contributed by atoms with E-state index >= 15 is 0 Å². The number of nitrogens with one attached hydrogen (secondary N) is 1. The maximum atomic E-state index is 12.9. The second-order valence-electron chi connectivity index (χ2n) is 6.76. The summed E-state index contributed by atoms with van der Waals surface area (Å²) in [4.78, 5) is 16.4. The summed E-state index contributed by atoms with van der Waals surface area (Å²) in [6.45, 7) is 0. The van der Waals surface area contributed by atoms with Crippen LogP contribution >= 0.6 is 23.2 Å². The van der Waals surface area contributed by atoms with Gasteiger partial charge in [-0.15, -0.1) is 0 Å². The van der Waals surface area contributed by atoms with Gasteiger partial charge in [0.2, 0.25) is 10.0 Å². The molecular weight excluding hydrogens is 421 g/mol. The van der Waals surface area contributed by atoms with Crippen LogP contribution in [0, 0.1) is 0 Å². The van der Waals surface area contributed by atoms with Gasteiger partial charge in [0, 0.05) is 18.8 Å². The molecule has 150 valence electrons. The number of benzene rings is 1. The van der Waals surface area contributed by atoms with Gasteiger partial charge >= 0.3 is 0 Å². The molecule has 0 atom stereocenters. The normalized spacial score (nSPS) is 15.6. The zero-order chi connectivity index (χ0) is 20.3. The average molecular weight is 442 g/mol. The standard InChI is InChI=1S/C19H21Cl2N3O3S/c1-24(14-5-3-2-4-6-14)28(26,27)15-9-7-13(8-10-15)22-19(25)16-11-12-17(20)23-18(16)21/h7-12,14H,2-6H2,1H3,(H,22,25). The first-order valence-corrected chi connectivity index (χ1v) is 11.2. The molecule has 0 saturated heterocycles. The van der Waals surface area contributed by atoms with E-state index in [-0.39, 0.29) is 26.8 Å². The lowest BCUT2D eigenvalue weighted by Crippen LogP contribution is -2.38. The van der Waals surface area contributed by atoms with Gasteiger partial charge in [0.25, 0.3) is 5.91 Å². The first-order chi connectivity index (χ1) is 13.3. The molecule has 2 aromatic rings. The molecule has 28 heavy (non-hydrogen) atoms. The number of amides is 1. The Hall–Kier alpha value is -1.67. The molecule has 1 aliphatic carbocycles. The van der Waals surface area contributed by atoms with Crippen LogP contribution in [0.2, 0.25) is 10.3 Å². The Morgan fingerprint density at radius 2 is 1.71 bits per heavy atom. The van der Waals surface area contributed by atoms with Gasteiger partial charge in [0.05, 0.1) is 10.5 Å². The molecule has 0 spiro atoms. The molecule has 9 heteroatoms. The van der Waals surface area contributed by atoms with Crippen LogP contribution in [0.4, 0.5) is 5.69 Å². The Morgan fingerprint density at radius 3 is 2.32 bits per heavy atom. The minimum Gasteiger partial charge on any atom is -0.322 e. The number of anilines is 1. The van der Waals surface area contributed by atoms with Crippen molar-refractivity contribution in [3.8, 4) is 0 Å². The van der Waals surface area contributed by atoms with E-state index in [1.54, 1.807) is 19.2 Å². The van der Waals surface area contributed by atoms with Gasteiger partial charge in [0.15, 0.2) is 0 Å². The van der Waals surface area contributed by atoms with Crippen molar-refractivity contribution in [2.45, 2.75) is 43.0 Å². The second-order valence-corrected chi connectivity index (χ2v) is 9.51. The predicted octanol–water partition coefficient (Wildman–Crippen LogP) is 4.59. The molecule has 0 unspecified atom stereocenters. The predicted molar refractivity (Wildman–Crippen MR) is 110 cm³/mol. The van der Waals surface area contributed by atoms with E-state index in [1.165, 1.54) is 28.6 Å². The van der Waals surface area contributed by atoms with Crippen molar-refractivity contribution in [1.29, 1.82) is 0 Å².